The maximum Gasteiger partial charge on any atom is 0.325 e. The molecule has 3 amide bonds. The Hall–Kier alpha value is -3.33. The number of aryl methyl sites for hydroxylation is 2. The standard InChI is InChI=1S/C24H23F2N3O3S/c1-14-11-18(15(2)28(14)9-8-17-5-4-10-33-17)21(30)13-29-22(31)24(3,27-23(29)32)16-6-7-19(25)20(26)12-16/h4-7,10-12H,8-9,13H2,1-3H3,(H,27,32). The summed E-state index contributed by atoms with van der Waals surface area (Å²) in [6.07, 6.45) is 0.835. The van der Waals surface area contributed by atoms with Gasteiger partial charge in [0.15, 0.2) is 17.4 Å². The number of nitrogens with zero attached hydrogens (tertiary/aromatic N) is 2. The molecule has 1 N–H and O–H groups in total. The van der Waals surface area contributed by atoms with E-state index in [-0.39, 0.29) is 11.3 Å². The summed E-state index contributed by atoms with van der Waals surface area (Å²) < 4.78 is 29.1. The van der Waals surface area contributed by atoms with Crippen molar-refractivity contribution in [3.05, 3.63) is 80.8 Å². The van der Waals surface area contributed by atoms with E-state index in [1.807, 2.05) is 29.9 Å². The van der Waals surface area contributed by atoms with Gasteiger partial charge in [-0.2, -0.15) is 0 Å². The normalized spacial score (nSPS) is 18.2. The van der Waals surface area contributed by atoms with Crippen LogP contribution in [-0.2, 0) is 23.3 Å². The number of Topliss-reactive ketones (excluding diaryl/α,β-unsaturated/α-hetero) is 1. The highest BCUT2D eigenvalue weighted by Gasteiger charge is 2.49. The second-order valence-electron chi connectivity index (χ2n) is 8.26. The highest BCUT2D eigenvalue weighted by Crippen LogP contribution is 2.30. The largest absolute Gasteiger partial charge is 0.348 e. The third kappa shape index (κ3) is 4.08. The summed E-state index contributed by atoms with van der Waals surface area (Å²) in [7, 11) is 0. The number of hydrogen-bond donors (Lipinski definition) is 1. The van der Waals surface area contributed by atoms with Crippen LogP contribution >= 0.6 is 11.3 Å². The van der Waals surface area contributed by atoms with Gasteiger partial charge in [0, 0.05) is 28.4 Å². The Kier molecular flexibility index (Phi) is 5.92. The SMILES string of the molecule is Cc1cc(C(=O)CN2C(=O)NC(C)(c3ccc(F)c(F)c3)C2=O)c(C)n1CCc1cccs1. The summed E-state index contributed by atoms with van der Waals surface area (Å²) >= 11 is 1.68. The molecule has 1 atom stereocenters. The maximum absolute atomic E-state index is 13.7. The van der Waals surface area contributed by atoms with Gasteiger partial charge in [0.25, 0.3) is 5.91 Å². The summed E-state index contributed by atoms with van der Waals surface area (Å²) in [5, 5.41) is 4.53. The number of imide groups is 1. The molecule has 6 nitrogen and oxygen atoms in total. The van der Waals surface area contributed by atoms with Gasteiger partial charge in [-0.25, -0.2) is 13.6 Å². The van der Waals surface area contributed by atoms with Crippen LogP contribution in [0.25, 0.3) is 0 Å². The van der Waals surface area contributed by atoms with Crippen LogP contribution < -0.4 is 5.32 Å². The van der Waals surface area contributed by atoms with Crippen molar-refractivity contribution in [3.63, 3.8) is 0 Å². The van der Waals surface area contributed by atoms with Crippen molar-refractivity contribution in [2.45, 2.75) is 39.3 Å². The van der Waals surface area contributed by atoms with Gasteiger partial charge in [0.1, 0.15) is 5.54 Å². The molecule has 172 valence electrons. The van der Waals surface area contributed by atoms with Crippen molar-refractivity contribution in [1.82, 2.24) is 14.8 Å². The second kappa shape index (κ2) is 8.55. The average molecular weight is 472 g/mol. The molecular formula is C24H23F2N3O3S. The number of carbonyl (C=O) groups is 3. The number of aromatic nitrogens is 1. The highest BCUT2D eigenvalue weighted by atomic mass is 32.1. The molecule has 33 heavy (non-hydrogen) atoms. The average Bonchev–Trinajstić information content (AvgIpc) is 3.44. The predicted octanol–water partition coefficient (Wildman–Crippen LogP) is 4.34. The van der Waals surface area contributed by atoms with Crippen molar-refractivity contribution in [1.29, 1.82) is 0 Å². The van der Waals surface area contributed by atoms with E-state index in [4.69, 9.17) is 0 Å². The molecule has 1 saturated heterocycles. The quantitative estimate of drug-likeness (QED) is 0.412. The molecule has 9 heteroatoms. The van der Waals surface area contributed by atoms with E-state index in [0.29, 0.717) is 12.1 Å². The van der Waals surface area contributed by atoms with Gasteiger partial charge in [-0.15, -0.1) is 11.3 Å². The number of benzene rings is 1. The topological polar surface area (TPSA) is 71.4 Å². The number of ketones is 1. The molecule has 4 rings (SSSR count). The van der Waals surface area contributed by atoms with Gasteiger partial charge in [0.2, 0.25) is 0 Å². The lowest BCUT2D eigenvalue weighted by Crippen LogP contribution is -2.41. The highest BCUT2D eigenvalue weighted by molar-refractivity contribution is 7.09. The number of rotatable bonds is 7. The lowest BCUT2D eigenvalue weighted by molar-refractivity contribution is -0.130. The summed E-state index contributed by atoms with van der Waals surface area (Å²) in [5.74, 6) is -3.25. The van der Waals surface area contributed by atoms with E-state index in [0.717, 1.165) is 34.8 Å². The summed E-state index contributed by atoms with van der Waals surface area (Å²) in [5.41, 5.74) is 0.631. The van der Waals surface area contributed by atoms with Gasteiger partial charge >= 0.3 is 6.03 Å². The molecule has 3 aromatic rings. The molecule has 0 aliphatic carbocycles. The van der Waals surface area contributed by atoms with Crippen molar-refractivity contribution in [3.8, 4) is 0 Å². The van der Waals surface area contributed by atoms with E-state index in [9.17, 15) is 23.2 Å². The van der Waals surface area contributed by atoms with Crippen molar-refractivity contribution >= 4 is 29.1 Å². The van der Waals surface area contributed by atoms with E-state index >= 15 is 0 Å². The van der Waals surface area contributed by atoms with Crippen LogP contribution in [0.15, 0.2) is 41.8 Å². The van der Waals surface area contributed by atoms with Gasteiger partial charge in [0.05, 0.1) is 6.54 Å². The number of urea groups is 1. The smallest absolute Gasteiger partial charge is 0.325 e. The Morgan fingerprint density at radius 1 is 1.12 bits per heavy atom. The number of carbonyl (C=O) groups excluding carboxylic acids is 3. The molecule has 1 unspecified atom stereocenters. The molecule has 3 heterocycles. The molecule has 2 aromatic heterocycles. The molecule has 1 aliphatic heterocycles. The lowest BCUT2D eigenvalue weighted by Gasteiger charge is -2.22. The van der Waals surface area contributed by atoms with Gasteiger partial charge in [-0.05, 0) is 62.4 Å². The maximum atomic E-state index is 13.7. The molecule has 0 spiro atoms. The van der Waals surface area contributed by atoms with E-state index in [1.54, 1.807) is 17.4 Å². The van der Waals surface area contributed by atoms with E-state index < -0.39 is 35.7 Å². The molecule has 1 aromatic carbocycles. The monoisotopic (exact) mass is 471 g/mol. The minimum atomic E-state index is -1.59. The van der Waals surface area contributed by atoms with Crippen LogP contribution in [-0.4, -0.2) is 33.7 Å². The summed E-state index contributed by atoms with van der Waals surface area (Å²) in [4.78, 5) is 40.7. The van der Waals surface area contributed by atoms with Crippen LogP contribution in [0.2, 0.25) is 0 Å². The minimum absolute atomic E-state index is 0.0986. The summed E-state index contributed by atoms with van der Waals surface area (Å²) in [6.45, 7) is 5.42. The molecule has 0 radical (unpaired) electrons. The Bertz CT molecular complexity index is 1250. The fraction of sp³-hybridized carbons (Fsp3) is 0.292. The second-order valence-corrected chi connectivity index (χ2v) is 9.30. The van der Waals surface area contributed by atoms with Crippen LogP contribution in [0.3, 0.4) is 0 Å². The third-order valence-corrected chi connectivity index (χ3v) is 7.05. The van der Waals surface area contributed by atoms with E-state index in [2.05, 4.69) is 11.4 Å². The van der Waals surface area contributed by atoms with E-state index in [1.165, 1.54) is 17.9 Å². The zero-order chi connectivity index (χ0) is 23.9. The van der Waals surface area contributed by atoms with Crippen LogP contribution in [0.4, 0.5) is 13.6 Å². The fourth-order valence-electron chi connectivity index (χ4n) is 4.18. The number of halogens is 2. The number of thiophene rings is 1. The minimum Gasteiger partial charge on any atom is -0.348 e. The Balaban J connectivity index is 1.52. The van der Waals surface area contributed by atoms with Gasteiger partial charge < -0.3 is 9.88 Å². The molecule has 1 fully saturated rings. The first kappa shape index (κ1) is 22.8. The van der Waals surface area contributed by atoms with Gasteiger partial charge in [-0.1, -0.05) is 12.1 Å². The van der Waals surface area contributed by atoms with Crippen molar-refractivity contribution < 1.29 is 23.2 Å². The zero-order valence-corrected chi connectivity index (χ0v) is 19.3. The van der Waals surface area contributed by atoms with Crippen LogP contribution in [0.1, 0.15) is 39.1 Å². The number of amides is 3. The van der Waals surface area contributed by atoms with Gasteiger partial charge in [-0.3, -0.25) is 14.5 Å². The number of hydrogen-bond acceptors (Lipinski definition) is 4. The molecule has 1 aliphatic rings. The summed E-state index contributed by atoms with van der Waals surface area (Å²) in [6, 6.07) is 8.08. The lowest BCUT2D eigenvalue weighted by atomic mass is 9.92. The third-order valence-electron chi connectivity index (χ3n) is 6.11. The van der Waals surface area contributed by atoms with Crippen LogP contribution in [0.5, 0.6) is 0 Å². The first-order valence-electron chi connectivity index (χ1n) is 10.4. The molecule has 0 bridgehead atoms. The molecular weight excluding hydrogens is 448 g/mol. The Morgan fingerprint density at radius 3 is 2.55 bits per heavy atom. The van der Waals surface area contributed by atoms with Crippen LogP contribution in [0, 0.1) is 25.5 Å². The Morgan fingerprint density at radius 2 is 1.88 bits per heavy atom. The first-order valence-corrected chi connectivity index (χ1v) is 11.3. The first-order chi connectivity index (χ1) is 15.6. The Labute approximate surface area is 193 Å². The molecule has 0 saturated carbocycles. The fourth-order valence-corrected chi connectivity index (χ4v) is 4.87. The van der Waals surface area contributed by atoms with Crippen molar-refractivity contribution in [2.75, 3.05) is 6.54 Å². The van der Waals surface area contributed by atoms with Crippen molar-refractivity contribution in [2.24, 2.45) is 0 Å². The zero-order valence-electron chi connectivity index (χ0n) is 18.4. The predicted molar refractivity (Wildman–Crippen MR) is 120 cm³/mol. The number of nitrogens with one attached hydrogen (secondary N) is 1.